The molecule has 3 aromatic rings. The van der Waals surface area contributed by atoms with E-state index in [4.69, 9.17) is 4.42 Å². The largest absolute Gasteiger partial charge is 0.467 e. The highest BCUT2D eigenvalue weighted by molar-refractivity contribution is 8.01. The van der Waals surface area contributed by atoms with E-state index in [0.29, 0.717) is 12.3 Å². The van der Waals surface area contributed by atoms with Crippen LogP contribution >= 0.6 is 11.8 Å². The summed E-state index contributed by atoms with van der Waals surface area (Å²) >= 11 is 1.41. The van der Waals surface area contributed by atoms with Gasteiger partial charge in [0, 0.05) is 4.90 Å². The number of para-hydroxylation sites is 1. The summed E-state index contributed by atoms with van der Waals surface area (Å²) in [6.07, 6.45) is 1.55. The first-order valence-corrected chi connectivity index (χ1v) is 10.5. The minimum atomic E-state index is -0.558. The third-order valence-electron chi connectivity index (χ3n) is 5.06. The minimum absolute atomic E-state index is 0.135. The van der Waals surface area contributed by atoms with Crippen molar-refractivity contribution in [1.29, 1.82) is 0 Å². The highest BCUT2D eigenvalue weighted by atomic mass is 32.2. The molecule has 1 aliphatic heterocycles. The van der Waals surface area contributed by atoms with Crippen molar-refractivity contribution in [1.82, 2.24) is 5.32 Å². The van der Waals surface area contributed by atoms with E-state index in [1.165, 1.54) is 23.9 Å². The first-order valence-electron chi connectivity index (χ1n) is 9.64. The van der Waals surface area contributed by atoms with Crippen LogP contribution in [0.2, 0.25) is 0 Å². The lowest BCUT2D eigenvalue weighted by molar-refractivity contribution is -0.128. The van der Waals surface area contributed by atoms with E-state index < -0.39 is 11.2 Å². The van der Waals surface area contributed by atoms with Crippen molar-refractivity contribution in [2.45, 2.75) is 30.2 Å². The number of carbonyl (C=O) groups is 2. The van der Waals surface area contributed by atoms with E-state index in [2.05, 4.69) is 5.32 Å². The lowest BCUT2D eigenvalue weighted by Gasteiger charge is -2.35. The topological polar surface area (TPSA) is 62.6 Å². The summed E-state index contributed by atoms with van der Waals surface area (Å²) in [6, 6.07) is 17.3. The van der Waals surface area contributed by atoms with Crippen molar-refractivity contribution in [2.24, 2.45) is 5.92 Å². The van der Waals surface area contributed by atoms with Crippen LogP contribution in [0.25, 0.3) is 0 Å². The average molecular weight is 424 g/mol. The van der Waals surface area contributed by atoms with E-state index in [-0.39, 0.29) is 24.2 Å². The molecule has 1 aliphatic rings. The summed E-state index contributed by atoms with van der Waals surface area (Å²) < 4.78 is 18.5. The van der Waals surface area contributed by atoms with Crippen molar-refractivity contribution in [3.8, 4) is 0 Å². The number of nitrogens with zero attached hydrogens (tertiary/aromatic N) is 1. The number of thioether (sulfide) groups is 1. The second-order valence-electron chi connectivity index (χ2n) is 7.14. The second-order valence-corrected chi connectivity index (χ2v) is 8.33. The average Bonchev–Trinajstić information content (AvgIpc) is 3.28. The fourth-order valence-corrected chi connectivity index (χ4v) is 4.66. The highest BCUT2D eigenvalue weighted by Crippen LogP contribution is 2.42. The number of nitrogens with one attached hydrogen (secondary N) is 1. The van der Waals surface area contributed by atoms with Gasteiger partial charge in [0.1, 0.15) is 16.8 Å². The molecule has 2 amide bonds. The lowest BCUT2D eigenvalue weighted by Crippen LogP contribution is -2.47. The van der Waals surface area contributed by atoms with E-state index >= 15 is 0 Å². The van der Waals surface area contributed by atoms with E-state index in [1.807, 2.05) is 24.3 Å². The van der Waals surface area contributed by atoms with Crippen LogP contribution in [0.15, 0.2) is 76.2 Å². The summed E-state index contributed by atoms with van der Waals surface area (Å²) in [6.45, 7) is 2.35. The Labute approximate surface area is 178 Å². The molecular weight excluding hydrogens is 403 g/mol. The molecule has 2 heterocycles. The van der Waals surface area contributed by atoms with E-state index in [9.17, 15) is 14.0 Å². The fourth-order valence-electron chi connectivity index (χ4n) is 3.38. The van der Waals surface area contributed by atoms with Crippen LogP contribution in [0.3, 0.4) is 0 Å². The predicted molar refractivity (Wildman–Crippen MR) is 113 cm³/mol. The molecule has 4 rings (SSSR count). The minimum Gasteiger partial charge on any atom is -0.467 e. The predicted octanol–water partition coefficient (Wildman–Crippen LogP) is 4.38. The van der Waals surface area contributed by atoms with Crippen LogP contribution in [0, 0.1) is 11.7 Å². The molecule has 2 aromatic carbocycles. The molecule has 0 spiro atoms. The molecule has 0 bridgehead atoms. The van der Waals surface area contributed by atoms with Crippen molar-refractivity contribution in [2.75, 3.05) is 4.90 Å². The summed E-state index contributed by atoms with van der Waals surface area (Å²) in [5.41, 5.74) is 1.62. The van der Waals surface area contributed by atoms with Crippen molar-refractivity contribution < 1.29 is 18.4 Å². The summed E-state index contributed by atoms with van der Waals surface area (Å²) in [5, 5.41) is 2.28. The molecule has 154 valence electrons. The fraction of sp³-hybridized carbons (Fsp3) is 0.217. The molecule has 0 saturated heterocycles. The Morgan fingerprint density at radius 1 is 1.17 bits per heavy atom. The van der Waals surface area contributed by atoms with Gasteiger partial charge in [0.25, 0.3) is 0 Å². The number of hydrogen-bond acceptors (Lipinski definition) is 4. The molecule has 1 N–H and O–H groups in total. The molecule has 0 aliphatic carbocycles. The zero-order valence-corrected chi connectivity index (χ0v) is 17.2. The number of furan rings is 1. The highest BCUT2D eigenvalue weighted by Gasteiger charge is 2.39. The Bertz CT molecular complexity index is 1040. The monoisotopic (exact) mass is 424 g/mol. The molecule has 1 aromatic heterocycles. The van der Waals surface area contributed by atoms with Crippen molar-refractivity contribution >= 4 is 29.3 Å². The van der Waals surface area contributed by atoms with Gasteiger partial charge in [-0.05, 0) is 42.0 Å². The molecular formula is C23H21FN2O3S. The van der Waals surface area contributed by atoms with Gasteiger partial charge in [0.15, 0.2) is 0 Å². The van der Waals surface area contributed by atoms with Gasteiger partial charge in [-0.15, -0.1) is 11.8 Å². The molecule has 2 atom stereocenters. The zero-order chi connectivity index (χ0) is 21.1. The Kier molecular flexibility index (Phi) is 5.90. The van der Waals surface area contributed by atoms with Crippen LogP contribution in [-0.2, 0) is 22.7 Å². The van der Waals surface area contributed by atoms with Gasteiger partial charge in [0.2, 0.25) is 11.8 Å². The molecule has 0 radical (unpaired) electrons. The molecule has 7 heteroatoms. The Morgan fingerprint density at radius 2 is 1.93 bits per heavy atom. The van der Waals surface area contributed by atoms with Gasteiger partial charge in [-0.1, -0.05) is 31.2 Å². The lowest BCUT2D eigenvalue weighted by atomic mass is 10.0. The number of amides is 2. The van der Waals surface area contributed by atoms with E-state index in [1.54, 1.807) is 42.4 Å². The Hall–Kier alpha value is -3.06. The van der Waals surface area contributed by atoms with Gasteiger partial charge in [-0.25, -0.2) is 4.39 Å². The smallest absolute Gasteiger partial charge is 0.241 e. The van der Waals surface area contributed by atoms with Gasteiger partial charge >= 0.3 is 0 Å². The quantitative estimate of drug-likeness (QED) is 0.638. The second kappa shape index (κ2) is 8.75. The van der Waals surface area contributed by atoms with Crippen molar-refractivity contribution in [3.05, 3.63) is 84.1 Å². The van der Waals surface area contributed by atoms with Crippen LogP contribution in [0.4, 0.5) is 10.1 Å². The maximum absolute atomic E-state index is 13.4. The summed E-state index contributed by atoms with van der Waals surface area (Å²) in [4.78, 5) is 28.7. The maximum Gasteiger partial charge on any atom is 0.241 e. The van der Waals surface area contributed by atoms with Crippen LogP contribution in [0.5, 0.6) is 0 Å². The zero-order valence-electron chi connectivity index (χ0n) is 16.4. The van der Waals surface area contributed by atoms with Gasteiger partial charge < -0.3 is 14.6 Å². The third kappa shape index (κ3) is 4.26. The number of halogens is 1. The molecule has 30 heavy (non-hydrogen) atoms. The molecule has 5 nitrogen and oxygen atoms in total. The number of hydrogen-bond donors (Lipinski definition) is 1. The summed E-state index contributed by atoms with van der Waals surface area (Å²) in [7, 11) is 0. The van der Waals surface area contributed by atoms with Gasteiger partial charge in [-0.2, -0.15) is 0 Å². The van der Waals surface area contributed by atoms with Gasteiger partial charge in [0.05, 0.1) is 31.0 Å². The normalized spacial score (nSPS) is 16.8. The van der Waals surface area contributed by atoms with Crippen LogP contribution in [0.1, 0.15) is 18.2 Å². The first kappa shape index (κ1) is 20.2. The Balaban J connectivity index is 1.54. The first-order chi connectivity index (χ1) is 14.5. The SMILES string of the molecule is C[C@H](C(=O)NCc1ccco1)[C@H]1Sc2ccccc2N(Cc2ccc(F)cc2)C1=O. The number of benzene rings is 2. The maximum atomic E-state index is 13.4. The summed E-state index contributed by atoms with van der Waals surface area (Å²) in [5.74, 6) is -0.551. The number of carbonyl (C=O) groups excluding carboxylic acids is 2. The van der Waals surface area contributed by atoms with Gasteiger partial charge in [-0.3, -0.25) is 9.59 Å². The number of rotatable bonds is 6. The standard InChI is InChI=1S/C23H21FN2O3S/c1-15(22(27)25-13-18-5-4-12-29-18)21-23(28)26(14-16-8-10-17(24)11-9-16)19-6-2-3-7-20(19)30-21/h2-12,15,21H,13-14H2,1H3,(H,25,27)/t15-,21+/m0/s1. The van der Waals surface area contributed by atoms with Crippen molar-refractivity contribution in [3.63, 3.8) is 0 Å². The molecule has 0 unspecified atom stereocenters. The third-order valence-corrected chi connectivity index (χ3v) is 6.52. The number of anilines is 1. The molecule has 0 saturated carbocycles. The molecule has 0 fully saturated rings. The number of fused-ring (bicyclic) bond motifs is 1. The van der Waals surface area contributed by atoms with E-state index in [0.717, 1.165) is 16.1 Å². The van der Waals surface area contributed by atoms with Crippen LogP contribution in [-0.4, -0.2) is 17.1 Å². The van der Waals surface area contributed by atoms with Crippen LogP contribution < -0.4 is 10.2 Å². The Morgan fingerprint density at radius 3 is 2.67 bits per heavy atom.